The molecule has 190 valence electrons. The first kappa shape index (κ1) is 24.5. The molecule has 2 aliphatic rings. The van der Waals surface area contributed by atoms with E-state index < -0.39 is 17.8 Å². The Hall–Kier alpha value is -3.24. The largest absolute Gasteiger partial charge is 0.417 e. The van der Waals surface area contributed by atoms with E-state index in [1.54, 1.807) is 23.1 Å². The molecule has 3 N–H and O–H groups in total. The summed E-state index contributed by atoms with van der Waals surface area (Å²) < 4.78 is 44.7. The highest BCUT2D eigenvalue weighted by Crippen LogP contribution is 2.38. The Kier molecular flexibility index (Phi) is 6.34. The van der Waals surface area contributed by atoms with E-state index in [4.69, 9.17) is 10.5 Å². The third-order valence-electron chi connectivity index (χ3n) is 7.10. The fourth-order valence-corrected chi connectivity index (χ4v) is 5.21. The van der Waals surface area contributed by atoms with Crippen molar-refractivity contribution in [3.8, 4) is 0 Å². The average Bonchev–Trinajstić information content (AvgIpc) is 3.24. The van der Waals surface area contributed by atoms with Crippen molar-refractivity contribution in [2.45, 2.75) is 70.2 Å². The number of carbonyl (C=O) groups is 1. The predicted molar refractivity (Wildman–Crippen MR) is 127 cm³/mol. The highest BCUT2D eigenvalue weighted by Gasteiger charge is 2.33. The number of nitrogens with two attached hydrogens (primary N) is 1. The quantitative estimate of drug-likeness (QED) is 0.535. The van der Waals surface area contributed by atoms with Gasteiger partial charge in [0.25, 0.3) is 5.91 Å². The third kappa shape index (κ3) is 4.62. The fourth-order valence-electron chi connectivity index (χ4n) is 5.21. The molecule has 0 saturated heterocycles. The van der Waals surface area contributed by atoms with Gasteiger partial charge in [-0.05, 0) is 68.5 Å². The molecule has 0 radical (unpaired) electrons. The SMILES string of the molecule is C[C@H]1OCc2c1c(N)nc1ccc(C(=O)N(Cc3ccc(C(F)(F)F)cn3)[C@@H]3CCC[C@@H](O)C3)cc21. The fraction of sp³-hybridized carbons (Fsp3) is 0.423. The number of nitrogen functional groups attached to an aromatic ring is 1. The number of hydrogen-bond acceptors (Lipinski definition) is 6. The average molecular weight is 501 g/mol. The summed E-state index contributed by atoms with van der Waals surface area (Å²) in [7, 11) is 0. The van der Waals surface area contributed by atoms with Gasteiger partial charge in [-0.3, -0.25) is 9.78 Å². The molecule has 3 aromatic rings. The number of ether oxygens (including phenoxy) is 1. The van der Waals surface area contributed by atoms with E-state index in [1.165, 1.54) is 6.07 Å². The summed E-state index contributed by atoms with van der Waals surface area (Å²) in [6.45, 7) is 2.30. The third-order valence-corrected chi connectivity index (χ3v) is 7.10. The van der Waals surface area contributed by atoms with Gasteiger partial charge in [0, 0.05) is 28.8 Å². The smallest absolute Gasteiger partial charge is 0.393 e. The first-order valence-corrected chi connectivity index (χ1v) is 12.0. The highest BCUT2D eigenvalue weighted by atomic mass is 19.4. The van der Waals surface area contributed by atoms with E-state index in [-0.39, 0.29) is 24.6 Å². The van der Waals surface area contributed by atoms with Crippen LogP contribution >= 0.6 is 0 Å². The van der Waals surface area contributed by atoms with Crippen molar-refractivity contribution < 1.29 is 27.8 Å². The minimum Gasteiger partial charge on any atom is -0.393 e. The van der Waals surface area contributed by atoms with Crippen molar-refractivity contribution >= 4 is 22.6 Å². The zero-order valence-electron chi connectivity index (χ0n) is 19.8. The molecule has 5 rings (SSSR count). The van der Waals surface area contributed by atoms with Crippen LogP contribution < -0.4 is 5.73 Å². The number of fused-ring (bicyclic) bond motifs is 3. The number of hydrogen-bond donors (Lipinski definition) is 2. The zero-order valence-corrected chi connectivity index (χ0v) is 19.8. The maximum Gasteiger partial charge on any atom is 0.417 e. The Morgan fingerprint density at radius 3 is 2.75 bits per heavy atom. The number of aromatic nitrogens is 2. The van der Waals surface area contributed by atoms with Crippen molar-refractivity contribution in [1.29, 1.82) is 0 Å². The molecule has 1 aliphatic heterocycles. The molecular weight excluding hydrogens is 473 g/mol. The molecule has 10 heteroatoms. The molecule has 1 aliphatic carbocycles. The van der Waals surface area contributed by atoms with Crippen LogP contribution in [0, 0.1) is 0 Å². The number of nitrogens with zero attached hydrogens (tertiary/aromatic N) is 3. The lowest BCUT2D eigenvalue weighted by Gasteiger charge is -2.36. The molecule has 3 heterocycles. The van der Waals surface area contributed by atoms with Crippen LogP contribution in [0.25, 0.3) is 10.9 Å². The molecular formula is C26H27F3N4O3. The van der Waals surface area contributed by atoms with Gasteiger partial charge in [-0.2, -0.15) is 13.2 Å². The van der Waals surface area contributed by atoms with Gasteiger partial charge in [-0.25, -0.2) is 4.98 Å². The molecule has 0 unspecified atom stereocenters. The Morgan fingerprint density at radius 1 is 1.25 bits per heavy atom. The van der Waals surface area contributed by atoms with Crippen molar-refractivity contribution in [2.75, 3.05) is 5.73 Å². The number of amides is 1. The van der Waals surface area contributed by atoms with Crippen molar-refractivity contribution in [3.05, 3.63) is 64.5 Å². The minimum atomic E-state index is -4.49. The van der Waals surface area contributed by atoms with Gasteiger partial charge in [-0.15, -0.1) is 0 Å². The van der Waals surface area contributed by atoms with Crippen LogP contribution in [-0.4, -0.2) is 38.0 Å². The second-order valence-electron chi connectivity index (χ2n) is 9.52. The number of aliphatic hydroxyl groups excluding tert-OH is 1. The lowest BCUT2D eigenvalue weighted by atomic mass is 9.91. The van der Waals surface area contributed by atoms with Gasteiger partial charge < -0.3 is 20.5 Å². The van der Waals surface area contributed by atoms with Gasteiger partial charge in [0.2, 0.25) is 0 Å². The molecule has 1 fully saturated rings. The maximum absolute atomic E-state index is 13.8. The standard InChI is InChI=1S/C26H27F3N4O3/c1-14-23-21(13-36-14)20-9-15(5-8-22(20)32-24(23)30)25(35)33(18-3-2-4-19(34)10-18)12-17-7-6-16(11-31-17)26(27,28)29/h5-9,11,14,18-19,34H,2-4,10,12-13H2,1H3,(H2,30,32)/t14-,18-,19-/m1/s1. The zero-order chi connectivity index (χ0) is 25.6. The first-order chi connectivity index (χ1) is 17.1. The lowest BCUT2D eigenvalue weighted by molar-refractivity contribution is -0.137. The second kappa shape index (κ2) is 9.33. The molecule has 1 amide bonds. The van der Waals surface area contributed by atoms with E-state index >= 15 is 0 Å². The van der Waals surface area contributed by atoms with Crippen LogP contribution in [-0.2, 0) is 24.1 Å². The molecule has 1 saturated carbocycles. The summed E-state index contributed by atoms with van der Waals surface area (Å²) in [4.78, 5) is 23.9. The normalized spacial score (nSPS) is 22.0. The molecule has 0 spiro atoms. The summed E-state index contributed by atoms with van der Waals surface area (Å²) in [5.41, 5.74) is 8.45. The summed E-state index contributed by atoms with van der Waals surface area (Å²) in [5.74, 6) is 0.128. The Labute approximate surface area is 206 Å². The number of benzene rings is 1. The Balaban J connectivity index is 1.50. The monoisotopic (exact) mass is 500 g/mol. The van der Waals surface area contributed by atoms with E-state index in [0.717, 1.165) is 35.2 Å². The van der Waals surface area contributed by atoms with Crippen LogP contribution in [0.3, 0.4) is 0 Å². The number of carbonyl (C=O) groups excluding carboxylic acids is 1. The summed E-state index contributed by atoms with van der Waals surface area (Å²) in [6.07, 6.45) is -1.94. The van der Waals surface area contributed by atoms with E-state index in [0.29, 0.717) is 48.5 Å². The first-order valence-electron chi connectivity index (χ1n) is 12.0. The highest BCUT2D eigenvalue weighted by molar-refractivity contribution is 5.99. The summed E-state index contributed by atoms with van der Waals surface area (Å²) in [6, 6.07) is 7.19. The molecule has 3 atom stereocenters. The van der Waals surface area contributed by atoms with Gasteiger partial charge >= 0.3 is 6.18 Å². The van der Waals surface area contributed by atoms with E-state index in [9.17, 15) is 23.1 Å². The summed E-state index contributed by atoms with van der Waals surface area (Å²) >= 11 is 0. The van der Waals surface area contributed by atoms with Crippen LogP contribution in [0.1, 0.15) is 71.5 Å². The topological polar surface area (TPSA) is 102 Å². The Morgan fingerprint density at radius 2 is 2.06 bits per heavy atom. The molecule has 0 bridgehead atoms. The predicted octanol–water partition coefficient (Wildman–Crippen LogP) is 4.77. The van der Waals surface area contributed by atoms with E-state index in [1.807, 2.05) is 6.92 Å². The number of alkyl halides is 3. The number of aliphatic hydroxyl groups is 1. The summed E-state index contributed by atoms with van der Waals surface area (Å²) in [5, 5.41) is 11.0. The Bertz CT molecular complexity index is 1300. The van der Waals surface area contributed by atoms with Crippen LogP contribution in [0.2, 0.25) is 0 Å². The van der Waals surface area contributed by atoms with E-state index in [2.05, 4.69) is 9.97 Å². The van der Waals surface area contributed by atoms with Gasteiger partial charge in [-0.1, -0.05) is 0 Å². The molecule has 2 aromatic heterocycles. The number of pyridine rings is 2. The molecule has 36 heavy (non-hydrogen) atoms. The van der Waals surface area contributed by atoms with Gasteiger partial charge in [0.15, 0.2) is 0 Å². The maximum atomic E-state index is 13.8. The van der Waals surface area contributed by atoms with Crippen LogP contribution in [0.15, 0.2) is 36.5 Å². The van der Waals surface area contributed by atoms with Crippen molar-refractivity contribution in [1.82, 2.24) is 14.9 Å². The van der Waals surface area contributed by atoms with Crippen molar-refractivity contribution in [2.24, 2.45) is 0 Å². The molecule has 7 nitrogen and oxygen atoms in total. The lowest BCUT2D eigenvalue weighted by Crippen LogP contribution is -2.43. The number of anilines is 1. The van der Waals surface area contributed by atoms with Crippen molar-refractivity contribution in [3.63, 3.8) is 0 Å². The number of rotatable bonds is 4. The van der Waals surface area contributed by atoms with Crippen LogP contribution in [0.4, 0.5) is 19.0 Å². The van der Waals surface area contributed by atoms with Gasteiger partial charge in [0.05, 0.1) is 42.1 Å². The molecule has 1 aromatic carbocycles. The second-order valence-corrected chi connectivity index (χ2v) is 9.52. The number of halogens is 3. The minimum absolute atomic E-state index is 0.0324. The van der Waals surface area contributed by atoms with Crippen LogP contribution in [0.5, 0.6) is 0 Å². The van der Waals surface area contributed by atoms with Gasteiger partial charge in [0.1, 0.15) is 5.82 Å².